The molecule has 0 radical (unpaired) electrons. The summed E-state index contributed by atoms with van der Waals surface area (Å²) in [7, 11) is 0. The summed E-state index contributed by atoms with van der Waals surface area (Å²) >= 11 is 1.64. The van der Waals surface area contributed by atoms with Crippen molar-refractivity contribution in [2.75, 3.05) is 6.61 Å². The van der Waals surface area contributed by atoms with Crippen LogP contribution >= 0.6 is 11.3 Å². The van der Waals surface area contributed by atoms with Crippen molar-refractivity contribution in [2.24, 2.45) is 5.10 Å². The van der Waals surface area contributed by atoms with Crippen molar-refractivity contribution < 1.29 is 14.3 Å². The Kier molecular flexibility index (Phi) is 6.54. The molecule has 2 aromatic heterocycles. The van der Waals surface area contributed by atoms with Gasteiger partial charge in [0, 0.05) is 11.1 Å². The minimum Gasteiger partial charge on any atom is -0.490 e. The lowest BCUT2D eigenvalue weighted by atomic mass is 10.2. The fraction of sp³-hybridized carbons (Fsp3) is 0.150. The van der Waals surface area contributed by atoms with Crippen LogP contribution in [0.4, 0.5) is 0 Å². The van der Waals surface area contributed by atoms with E-state index in [1.54, 1.807) is 41.9 Å². The Bertz CT molecular complexity index is 896. The first-order chi connectivity index (χ1) is 13.3. The predicted octanol–water partition coefficient (Wildman–Crippen LogP) is 3.88. The Morgan fingerprint density at radius 3 is 2.85 bits per heavy atom. The number of ether oxygens (including phenoxy) is 2. The Balaban J connectivity index is 1.64. The third-order valence-corrected chi connectivity index (χ3v) is 4.34. The molecule has 138 valence electrons. The molecule has 0 fully saturated rings. The number of hydrogen-bond donors (Lipinski definition) is 1. The number of hydrazone groups is 1. The molecule has 0 spiro atoms. The van der Waals surface area contributed by atoms with Crippen LogP contribution in [0.5, 0.6) is 11.5 Å². The highest BCUT2D eigenvalue weighted by Gasteiger charge is 2.07. The normalized spacial score (nSPS) is 10.7. The largest absolute Gasteiger partial charge is 0.490 e. The van der Waals surface area contributed by atoms with E-state index < -0.39 is 0 Å². The van der Waals surface area contributed by atoms with E-state index in [1.165, 1.54) is 0 Å². The second-order valence-corrected chi connectivity index (χ2v) is 6.45. The molecule has 0 saturated carbocycles. The van der Waals surface area contributed by atoms with Crippen LogP contribution < -0.4 is 14.9 Å². The molecule has 0 unspecified atom stereocenters. The number of nitrogens with one attached hydrogen (secondary N) is 1. The molecule has 1 amide bonds. The van der Waals surface area contributed by atoms with Crippen molar-refractivity contribution in [3.8, 4) is 11.5 Å². The van der Waals surface area contributed by atoms with Crippen molar-refractivity contribution in [2.45, 2.75) is 13.5 Å². The van der Waals surface area contributed by atoms with E-state index in [0.717, 1.165) is 10.4 Å². The first-order valence-electron chi connectivity index (χ1n) is 8.42. The van der Waals surface area contributed by atoms with Crippen LogP contribution in [-0.2, 0) is 6.61 Å². The summed E-state index contributed by atoms with van der Waals surface area (Å²) < 4.78 is 11.5. The molecule has 0 aliphatic rings. The van der Waals surface area contributed by atoms with E-state index in [1.807, 2.05) is 42.6 Å². The molecule has 3 aromatic rings. The van der Waals surface area contributed by atoms with Crippen LogP contribution in [0.25, 0.3) is 0 Å². The van der Waals surface area contributed by atoms with Gasteiger partial charge in [-0.25, -0.2) is 5.43 Å². The number of rotatable bonds is 8. The second kappa shape index (κ2) is 9.49. The zero-order chi connectivity index (χ0) is 18.9. The third-order valence-electron chi connectivity index (χ3n) is 3.49. The summed E-state index contributed by atoms with van der Waals surface area (Å²) in [4.78, 5) is 17.0. The minimum atomic E-state index is -0.368. The third kappa shape index (κ3) is 5.39. The molecular weight excluding hydrogens is 362 g/mol. The average Bonchev–Trinajstić information content (AvgIpc) is 3.22. The van der Waals surface area contributed by atoms with E-state index in [9.17, 15) is 4.79 Å². The summed E-state index contributed by atoms with van der Waals surface area (Å²) in [5, 5.41) is 5.99. The van der Waals surface area contributed by atoms with Crippen molar-refractivity contribution in [1.29, 1.82) is 0 Å². The van der Waals surface area contributed by atoms with Gasteiger partial charge in [-0.2, -0.15) is 5.10 Å². The molecule has 2 heterocycles. The molecule has 0 aliphatic heterocycles. The first kappa shape index (κ1) is 18.6. The van der Waals surface area contributed by atoms with Gasteiger partial charge in [-0.3, -0.25) is 9.78 Å². The second-order valence-electron chi connectivity index (χ2n) is 5.42. The molecule has 27 heavy (non-hydrogen) atoms. The Morgan fingerprint density at radius 2 is 2.11 bits per heavy atom. The summed E-state index contributed by atoms with van der Waals surface area (Å²) in [6.07, 6.45) is 3.11. The van der Waals surface area contributed by atoms with E-state index in [0.29, 0.717) is 30.4 Å². The maximum Gasteiger partial charge on any atom is 0.289 e. The Hall–Kier alpha value is -3.19. The van der Waals surface area contributed by atoms with Crippen LogP contribution in [0, 0.1) is 0 Å². The zero-order valence-electron chi connectivity index (χ0n) is 14.8. The standard InChI is InChI=1S/C20H19N3O3S/c1-2-25-19-12-15(8-9-18(19)26-14-16-6-5-11-27-16)13-22-23-20(24)17-7-3-4-10-21-17/h3-13H,2,14H2,1H3,(H,23,24)/b22-13-. The fourth-order valence-electron chi connectivity index (χ4n) is 2.26. The van der Waals surface area contributed by atoms with Gasteiger partial charge in [0.1, 0.15) is 12.3 Å². The fourth-order valence-corrected chi connectivity index (χ4v) is 2.87. The number of aromatic nitrogens is 1. The molecule has 1 aromatic carbocycles. The predicted molar refractivity (Wildman–Crippen MR) is 106 cm³/mol. The number of pyridine rings is 1. The number of thiophene rings is 1. The van der Waals surface area contributed by atoms with Gasteiger partial charge in [0.2, 0.25) is 0 Å². The van der Waals surface area contributed by atoms with Gasteiger partial charge in [0.15, 0.2) is 11.5 Å². The van der Waals surface area contributed by atoms with Crippen LogP contribution in [0.2, 0.25) is 0 Å². The van der Waals surface area contributed by atoms with Crippen molar-refractivity contribution in [1.82, 2.24) is 10.4 Å². The SMILES string of the molecule is CCOc1cc(/C=N\NC(=O)c2ccccn2)ccc1OCc1cccs1. The molecule has 0 atom stereocenters. The van der Waals surface area contributed by atoms with E-state index in [4.69, 9.17) is 9.47 Å². The molecule has 6 nitrogen and oxygen atoms in total. The maximum atomic E-state index is 11.9. The van der Waals surface area contributed by atoms with Gasteiger partial charge < -0.3 is 9.47 Å². The highest BCUT2D eigenvalue weighted by atomic mass is 32.1. The molecule has 3 rings (SSSR count). The lowest BCUT2D eigenvalue weighted by molar-refractivity contribution is 0.0950. The van der Waals surface area contributed by atoms with E-state index in [2.05, 4.69) is 15.5 Å². The van der Waals surface area contributed by atoms with Crippen molar-refractivity contribution >= 4 is 23.5 Å². The summed E-state index contributed by atoms with van der Waals surface area (Å²) in [6.45, 7) is 2.93. The van der Waals surface area contributed by atoms with Gasteiger partial charge >= 0.3 is 0 Å². The van der Waals surface area contributed by atoms with Crippen LogP contribution in [0.1, 0.15) is 27.9 Å². The number of nitrogens with zero attached hydrogens (tertiary/aromatic N) is 2. The number of benzene rings is 1. The molecular formula is C20H19N3O3S. The Labute approximate surface area is 161 Å². The number of carbonyl (C=O) groups excluding carboxylic acids is 1. The molecule has 0 bridgehead atoms. The van der Waals surface area contributed by atoms with Gasteiger partial charge in [0.05, 0.1) is 12.8 Å². The van der Waals surface area contributed by atoms with E-state index in [-0.39, 0.29) is 5.91 Å². The lowest BCUT2D eigenvalue weighted by Gasteiger charge is -2.12. The van der Waals surface area contributed by atoms with Crippen molar-refractivity contribution in [3.63, 3.8) is 0 Å². The summed E-state index contributed by atoms with van der Waals surface area (Å²) in [6, 6.07) is 14.6. The first-order valence-corrected chi connectivity index (χ1v) is 9.30. The smallest absolute Gasteiger partial charge is 0.289 e. The quantitative estimate of drug-likeness (QED) is 0.475. The van der Waals surface area contributed by atoms with Gasteiger partial charge in [-0.05, 0) is 54.3 Å². The minimum absolute atomic E-state index is 0.307. The number of carbonyl (C=O) groups is 1. The molecule has 0 saturated heterocycles. The lowest BCUT2D eigenvalue weighted by Crippen LogP contribution is -2.18. The molecule has 7 heteroatoms. The van der Waals surface area contributed by atoms with E-state index >= 15 is 0 Å². The average molecular weight is 381 g/mol. The van der Waals surface area contributed by atoms with Crippen LogP contribution in [0.3, 0.4) is 0 Å². The highest BCUT2D eigenvalue weighted by molar-refractivity contribution is 7.09. The summed E-state index contributed by atoms with van der Waals surface area (Å²) in [5.74, 6) is 0.932. The topological polar surface area (TPSA) is 72.8 Å². The van der Waals surface area contributed by atoms with Crippen LogP contribution in [-0.4, -0.2) is 23.7 Å². The van der Waals surface area contributed by atoms with Gasteiger partial charge in [0.25, 0.3) is 5.91 Å². The van der Waals surface area contributed by atoms with Crippen LogP contribution in [0.15, 0.2) is 65.2 Å². The van der Waals surface area contributed by atoms with Crippen molar-refractivity contribution in [3.05, 3.63) is 76.2 Å². The van der Waals surface area contributed by atoms with Gasteiger partial charge in [-0.15, -0.1) is 11.3 Å². The highest BCUT2D eigenvalue weighted by Crippen LogP contribution is 2.29. The monoisotopic (exact) mass is 381 g/mol. The maximum absolute atomic E-state index is 11.9. The number of amides is 1. The molecule has 0 aliphatic carbocycles. The Morgan fingerprint density at radius 1 is 1.19 bits per heavy atom. The number of hydrogen-bond acceptors (Lipinski definition) is 6. The zero-order valence-corrected chi connectivity index (χ0v) is 15.6. The van der Waals surface area contributed by atoms with Gasteiger partial charge in [-0.1, -0.05) is 12.1 Å². The summed E-state index contributed by atoms with van der Waals surface area (Å²) in [5.41, 5.74) is 3.54. The molecule has 1 N–H and O–H groups in total.